The van der Waals surface area contributed by atoms with Crippen LogP contribution < -0.4 is 21.6 Å². The maximum atomic E-state index is 10.0. The molecule has 3 aromatic carbocycles. The number of pyridine rings is 1. The van der Waals surface area contributed by atoms with Crippen molar-refractivity contribution in [1.29, 1.82) is 5.26 Å². The first-order chi connectivity index (χ1) is 22.1. The zero-order valence-electron chi connectivity index (χ0n) is 26.6. The fraction of sp³-hybridized carbons (Fsp3) is 0.333. The van der Waals surface area contributed by atoms with Gasteiger partial charge in [0.1, 0.15) is 6.07 Å². The smallest absolute Gasteiger partial charge is 0.103 e. The summed E-state index contributed by atoms with van der Waals surface area (Å²) in [7, 11) is 0. The fourth-order valence-electron chi connectivity index (χ4n) is 6.29. The molecule has 1 fully saturated rings. The van der Waals surface area contributed by atoms with E-state index in [0.717, 1.165) is 53.8 Å². The Labute approximate surface area is 281 Å². The van der Waals surface area contributed by atoms with Gasteiger partial charge in [0.15, 0.2) is 0 Å². The number of benzene rings is 3. The Morgan fingerprint density at radius 3 is 2.37 bits per heavy atom. The lowest BCUT2D eigenvalue weighted by Crippen LogP contribution is -2.52. The van der Waals surface area contributed by atoms with E-state index in [0.29, 0.717) is 32.9 Å². The van der Waals surface area contributed by atoms with Crippen LogP contribution in [0.5, 0.6) is 0 Å². The second-order valence-electron chi connectivity index (χ2n) is 13.0. The van der Waals surface area contributed by atoms with Crippen LogP contribution in [0.15, 0.2) is 84.8 Å². The van der Waals surface area contributed by atoms with E-state index >= 15 is 0 Å². The molecule has 4 N–H and O–H groups in total. The molecule has 0 radical (unpaired) electrons. The van der Waals surface area contributed by atoms with Crippen LogP contribution in [0.2, 0.25) is 10.0 Å². The van der Waals surface area contributed by atoms with Crippen molar-refractivity contribution in [3.05, 3.63) is 112 Å². The monoisotopic (exact) mass is 654 g/mol. The summed E-state index contributed by atoms with van der Waals surface area (Å²) in [6, 6.07) is 24.3. The zero-order chi connectivity index (χ0) is 32.4. The molecule has 3 heterocycles. The third-order valence-electron chi connectivity index (χ3n) is 8.95. The van der Waals surface area contributed by atoms with Gasteiger partial charge >= 0.3 is 0 Å². The predicted molar refractivity (Wildman–Crippen MR) is 188 cm³/mol. The fourth-order valence-corrected chi connectivity index (χ4v) is 6.68. The Balaban J connectivity index is 1.32. The number of rotatable bonds is 8. The number of nitriles is 1. The molecule has 0 saturated carbocycles. The average Bonchev–Trinajstić information content (AvgIpc) is 3.55. The number of aromatic nitrogens is 1. The minimum atomic E-state index is -0.246. The van der Waals surface area contributed by atoms with E-state index < -0.39 is 0 Å². The molecule has 1 aromatic heterocycles. The zero-order valence-corrected chi connectivity index (χ0v) is 28.1. The molecule has 8 nitrogen and oxygen atoms in total. The van der Waals surface area contributed by atoms with E-state index in [9.17, 15) is 5.26 Å². The van der Waals surface area contributed by atoms with Gasteiger partial charge in [-0.1, -0.05) is 65.7 Å². The van der Waals surface area contributed by atoms with E-state index in [1.807, 2.05) is 54.6 Å². The molecule has 0 amide bonds. The lowest BCUT2D eigenvalue weighted by atomic mass is 9.98. The molecule has 4 aromatic rings. The summed E-state index contributed by atoms with van der Waals surface area (Å²) >= 11 is 13.2. The number of anilines is 2. The molecule has 0 aliphatic carbocycles. The predicted octanol–water partition coefficient (Wildman–Crippen LogP) is 8.17. The SMILES string of the molecule is CC(Nc1c(C#N)cnc2c(Cl)cc(N[C@H](C3=CN(C4CCN(C(C)(C)C)CC4)NN3)c3ccc(Cl)cc3)cc12)c1ccccc1. The number of likely N-dealkylation sites (tertiary alicyclic amines) is 1. The number of hydrogen-bond donors (Lipinski definition) is 4. The van der Waals surface area contributed by atoms with Crippen molar-refractivity contribution in [2.24, 2.45) is 0 Å². The van der Waals surface area contributed by atoms with Crippen LogP contribution in [0.4, 0.5) is 11.4 Å². The number of halogens is 2. The third kappa shape index (κ3) is 6.89. The molecule has 1 unspecified atom stereocenters. The van der Waals surface area contributed by atoms with Crippen molar-refractivity contribution in [2.45, 2.75) is 64.2 Å². The van der Waals surface area contributed by atoms with Crippen LogP contribution >= 0.6 is 23.2 Å². The van der Waals surface area contributed by atoms with Gasteiger partial charge in [0.05, 0.1) is 33.5 Å². The maximum absolute atomic E-state index is 10.0. The van der Waals surface area contributed by atoms with E-state index in [-0.39, 0.29) is 17.6 Å². The van der Waals surface area contributed by atoms with Crippen LogP contribution in [-0.4, -0.2) is 39.6 Å². The molecule has 2 aliphatic rings. The first kappa shape index (κ1) is 32.0. The first-order valence-electron chi connectivity index (χ1n) is 15.7. The van der Waals surface area contributed by atoms with Gasteiger partial charge in [-0.05, 0) is 75.9 Å². The number of fused-ring (bicyclic) bond motifs is 1. The number of nitrogens with zero attached hydrogens (tertiary/aromatic N) is 4. The van der Waals surface area contributed by atoms with E-state index in [4.69, 9.17) is 23.2 Å². The number of piperidine rings is 1. The lowest BCUT2D eigenvalue weighted by molar-refractivity contribution is 0.0570. The summed E-state index contributed by atoms with van der Waals surface area (Å²) in [5, 5.41) is 21.4. The standard InChI is InChI=1S/C36H40Cl2N8/c1-23(24-8-6-5-7-9-24)41-33-26(20-39)21-40-35-30(33)18-28(19-31(35)38)42-34(25-10-12-27(37)13-11-25)32-22-46(44-43-32)29-14-16-45(17-15-29)36(2,3)4/h5-13,18-19,21-23,29,34,42-44H,14-17H2,1-4H3,(H,40,41)/t23?,34-/m0/s1. The summed E-state index contributed by atoms with van der Waals surface area (Å²) < 4.78 is 0. The lowest BCUT2D eigenvalue weighted by Gasteiger charge is -2.42. The number of hydrazine groups is 2. The summed E-state index contributed by atoms with van der Waals surface area (Å²) in [5.41, 5.74) is 12.7. The molecule has 1 saturated heterocycles. The summed E-state index contributed by atoms with van der Waals surface area (Å²) in [5.74, 6) is 0. The van der Waals surface area contributed by atoms with Crippen molar-refractivity contribution in [1.82, 2.24) is 25.9 Å². The summed E-state index contributed by atoms with van der Waals surface area (Å²) in [6.45, 7) is 11.0. The second-order valence-corrected chi connectivity index (χ2v) is 13.9. The van der Waals surface area contributed by atoms with Gasteiger partial charge < -0.3 is 16.1 Å². The average molecular weight is 656 g/mol. The molecule has 10 heteroatoms. The highest BCUT2D eigenvalue weighted by atomic mass is 35.5. The topological polar surface area (TPSA) is 91.3 Å². The van der Waals surface area contributed by atoms with E-state index in [1.165, 1.54) is 0 Å². The Bertz CT molecular complexity index is 1750. The highest BCUT2D eigenvalue weighted by Crippen LogP contribution is 2.37. The quantitative estimate of drug-likeness (QED) is 0.151. The molecular weight excluding hydrogens is 615 g/mol. The molecule has 2 atom stereocenters. The van der Waals surface area contributed by atoms with Crippen molar-refractivity contribution in [3.63, 3.8) is 0 Å². The molecule has 46 heavy (non-hydrogen) atoms. The Kier molecular flexibility index (Phi) is 9.30. The third-order valence-corrected chi connectivity index (χ3v) is 9.49. The molecule has 2 aliphatic heterocycles. The number of hydrogen-bond acceptors (Lipinski definition) is 8. The van der Waals surface area contributed by atoms with Crippen LogP contribution in [0.3, 0.4) is 0 Å². The molecule has 6 rings (SSSR count). The summed E-state index contributed by atoms with van der Waals surface area (Å²) in [4.78, 5) is 7.11. The molecular formula is C36H40Cl2N8. The van der Waals surface area contributed by atoms with Crippen molar-refractivity contribution in [3.8, 4) is 6.07 Å². The first-order valence-corrected chi connectivity index (χ1v) is 16.5. The van der Waals surface area contributed by atoms with Gasteiger partial charge in [-0.2, -0.15) is 5.26 Å². The Hall–Kier alpha value is -4.00. The van der Waals surface area contributed by atoms with Crippen LogP contribution in [-0.2, 0) is 0 Å². The minimum Gasteiger partial charge on any atom is -0.377 e. The van der Waals surface area contributed by atoms with Gasteiger partial charge in [-0.15, -0.1) is 5.53 Å². The Morgan fingerprint density at radius 2 is 1.70 bits per heavy atom. The van der Waals surface area contributed by atoms with Gasteiger partial charge in [0.25, 0.3) is 0 Å². The van der Waals surface area contributed by atoms with E-state index in [1.54, 1.807) is 6.20 Å². The van der Waals surface area contributed by atoms with Crippen LogP contribution in [0.25, 0.3) is 10.9 Å². The number of nitrogens with one attached hydrogen (secondary N) is 4. The van der Waals surface area contributed by atoms with Crippen molar-refractivity contribution in [2.75, 3.05) is 23.7 Å². The van der Waals surface area contributed by atoms with Gasteiger partial charge in [0.2, 0.25) is 0 Å². The molecule has 0 spiro atoms. The van der Waals surface area contributed by atoms with Gasteiger partial charge in [-0.3, -0.25) is 14.9 Å². The van der Waals surface area contributed by atoms with Crippen molar-refractivity contribution < 1.29 is 0 Å². The van der Waals surface area contributed by atoms with Crippen LogP contribution in [0.1, 0.15) is 69.3 Å². The second kappa shape index (κ2) is 13.4. The van der Waals surface area contributed by atoms with Gasteiger partial charge in [0, 0.05) is 59.2 Å². The molecule has 0 bridgehead atoms. The highest BCUT2D eigenvalue weighted by molar-refractivity contribution is 6.36. The Morgan fingerprint density at radius 1 is 0.978 bits per heavy atom. The van der Waals surface area contributed by atoms with Crippen LogP contribution in [0, 0.1) is 11.3 Å². The van der Waals surface area contributed by atoms with E-state index in [2.05, 4.69) is 88.6 Å². The maximum Gasteiger partial charge on any atom is 0.103 e. The largest absolute Gasteiger partial charge is 0.377 e. The molecule has 238 valence electrons. The minimum absolute atomic E-state index is 0.0451. The highest BCUT2D eigenvalue weighted by Gasteiger charge is 2.32. The normalized spacial score (nSPS) is 17.2. The van der Waals surface area contributed by atoms with Crippen molar-refractivity contribution >= 4 is 45.5 Å². The van der Waals surface area contributed by atoms with Gasteiger partial charge in [-0.25, -0.2) is 0 Å². The summed E-state index contributed by atoms with van der Waals surface area (Å²) in [6.07, 6.45) is 5.88.